The van der Waals surface area contributed by atoms with Crippen LogP contribution in [-0.4, -0.2) is 30.5 Å². The highest BCUT2D eigenvalue weighted by atomic mass is 19.4. The summed E-state index contributed by atoms with van der Waals surface area (Å²) >= 11 is 0. The molecule has 0 N–H and O–H groups in total. The molecule has 1 aliphatic heterocycles. The van der Waals surface area contributed by atoms with Gasteiger partial charge in [-0.1, -0.05) is 60.7 Å². The van der Waals surface area contributed by atoms with E-state index in [1.165, 1.54) is 12.1 Å². The monoisotopic (exact) mass is 411 g/mol. The molecule has 0 spiro atoms. The third-order valence-corrected chi connectivity index (χ3v) is 5.20. The quantitative estimate of drug-likeness (QED) is 0.563. The molecule has 1 atom stereocenters. The van der Waals surface area contributed by atoms with Crippen molar-refractivity contribution in [2.45, 2.75) is 12.3 Å². The van der Waals surface area contributed by atoms with Gasteiger partial charge >= 0.3 is 6.18 Å². The van der Waals surface area contributed by atoms with Crippen LogP contribution >= 0.6 is 0 Å². The zero-order chi connectivity index (χ0) is 21.1. The summed E-state index contributed by atoms with van der Waals surface area (Å²) in [6.45, 7) is 1.34. The van der Waals surface area contributed by atoms with E-state index in [1.54, 1.807) is 35.2 Å². The van der Waals surface area contributed by atoms with Crippen LogP contribution in [0.1, 0.15) is 27.6 Å². The Labute approximate surface area is 172 Å². The van der Waals surface area contributed by atoms with Crippen molar-refractivity contribution in [3.63, 3.8) is 0 Å². The molecule has 1 fully saturated rings. The molecule has 0 aromatic heterocycles. The molecule has 1 aliphatic rings. The van der Waals surface area contributed by atoms with E-state index in [1.807, 2.05) is 30.3 Å². The molecular weight excluding hydrogens is 391 g/mol. The SMILES string of the molecule is O=C(c1ccc(-c2ccccc2C(F)(F)F)cc1)N1CCOC(c2ccccc2)C1. The zero-order valence-electron chi connectivity index (χ0n) is 16.1. The van der Waals surface area contributed by atoms with Gasteiger partial charge in [-0.15, -0.1) is 0 Å². The number of amides is 1. The van der Waals surface area contributed by atoms with Gasteiger partial charge in [0.15, 0.2) is 0 Å². The highest BCUT2D eigenvalue weighted by Gasteiger charge is 2.33. The number of carbonyl (C=O) groups is 1. The van der Waals surface area contributed by atoms with Gasteiger partial charge < -0.3 is 9.64 Å². The normalized spacial score (nSPS) is 17.0. The Morgan fingerprint density at radius 2 is 1.57 bits per heavy atom. The third kappa shape index (κ3) is 4.24. The Kier molecular flexibility index (Phi) is 5.59. The fraction of sp³-hybridized carbons (Fsp3) is 0.208. The highest BCUT2D eigenvalue weighted by molar-refractivity contribution is 5.95. The Hall–Kier alpha value is -3.12. The van der Waals surface area contributed by atoms with Gasteiger partial charge in [0.05, 0.1) is 18.7 Å². The second-order valence-electron chi connectivity index (χ2n) is 7.14. The Balaban J connectivity index is 1.53. The minimum atomic E-state index is -4.44. The van der Waals surface area contributed by atoms with Crippen molar-refractivity contribution < 1.29 is 22.7 Å². The molecule has 3 nitrogen and oxygen atoms in total. The van der Waals surface area contributed by atoms with Crippen LogP contribution in [-0.2, 0) is 10.9 Å². The minimum Gasteiger partial charge on any atom is -0.370 e. The van der Waals surface area contributed by atoms with Gasteiger partial charge in [0.2, 0.25) is 0 Å². The Morgan fingerprint density at radius 3 is 2.27 bits per heavy atom. The molecule has 0 radical (unpaired) electrons. The second-order valence-corrected chi connectivity index (χ2v) is 7.14. The number of alkyl halides is 3. The summed E-state index contributed by atoms with van der Waals surface area (Å²) in [6, 6.07) is 21.4. The number of halogens is 3. The molecule has 0 aliphatic carbocycles. The third-order valence-electron chi connectivity index (χ3n) is 5.20. The van der Waals surface area contributed by atoms with Gasteiger partial charge in [-0.3, -0.25) is 4.79 Å². The molecular formula is C24H20F3NO2. The number of morpholine rings is 1. The van der Waals surface area contributed by atoms with E-state index in [0.29, 0.717) is 30.8 Å². The highest BCUT2D eigenvalue weighted by Crippen LogP contribution is 2.37. The molecule has 30 heavy (non-hydrogen) atoms. The van der Waals surface area contributed by atoms with Gasteiger partial charge in [-0.2, -0.15) is 13.2 Å². The van der Waals surface area contributed by atoms with E-state index in [0.717, 1.165) is 11.6 Å². The lowest BCUT2D eigenvalue weighted by Crippen LogP contribution is -2.42. The number of benzene rings is 3. The smallest absolute Gasteiger partial charge is 0.370 e. The lowest BCUT2D eigenvalue weighted by atomic mass is 9.98. The maximum absolute atomic E-state index is 13.3. The van der Waals surface area contributed by atoms with Crippen molar-refractivity contribution in [2.24, 2.45) is 0 Å². The Morgan fingerprint density at radius 1 is 0.900 bits per heavy atom. The summed E-state index contributed by atoms with van der Waals surface area (Å²) in [5.74, 6) is -0.158. The number of nitrogens with zero attached hydrogens (tertiary/aromatic N) is 1. The molecule has 3 aromatic rings. The second kappa shape index (κ2) is 8.32. The van der Waals surface area contributed by atoms with Crippen molar-refractivity contribution in [1.82, 2.24) is 4.90 Å². The molecule has 4 rings (SSSR count). The van der Waals surface area contributed by atoms with Gasteiger partial charge in [-0.05, 0) is 34.9 Å². The summed E-state index contributed by atoms with van der Waals surface area (Å²) in [7, 11) is 0. The lowest BCUT2D eigenvalue weighted by Gasteiger charge is -2.33. The van der Waals surface area contributed by atoms with Crippen molar-refractivity contribution in [1.29, 1.82) is 0 Å². The minimum absolute atomic E-state index is 0.0968. The first-order valence-electron chi connectivity index (χ1n) is 9.66. The molecule has 1 amide bonds. The fourth-order valence-electron chi connectivity index (χ4n) is 3.66. The molecule has 0 bridgehead atoms. The number of ether oxygens (including phenoxy) is 1. The molecule has 154 valence electrons. The van der Waals surface area contributed by atoms with E-state index >= 15 is 0 Å². The van der Waals surface area contributed by atoms with Gasteiger partial charge in [0, 0.05) is 12.1 Å². The van der Waals surface area contributed by atoms with Crippen molar-refractivity contribution in [3.8, 4) is 11.1 Å². The van der Waals surface area contributed by atoms with E-state index in [9.17, 15) is 18.0 Å². The number of rotatable bonds is 3. The fourth-order valence-corrected chi connectivity index (χ4v) is 3.66. The van der Waals surface area contributed by atoms with Crippen LogP contribution in [0.4, 0.5) is 13.2 Å². The van der Waals surface area contributed by atoms with E-state index < -0.39 is 11.7 Å². The predicted octanol–water partition coefficient (Wildman–Crippen LogP) is 5.59. The molecule has 1 saturated heterocycles. The Bertz CT molecular complexity index is 1020. The summed E-state index contributed by atoms with van der Waals surface area (Å²) in [4.78, 5) is 14.7. The molecule has 1 unspecified atom stereocenters. The van der Waals surface area contributed by atoms with E-state index in [-0.39, 0.29) is 17.6 Å². The van der Waals surface area contributed by atoms with Gasteiger partial charge in [0.25, 0.3) is 5.91 Å². The largest absolute Gasteiger partial charge is 0.417 e. The van der Waals surface area contributed by atoms with Crippen LogP contribution in [0, 0.1) is 0 Å². The van der Waals surface area contributed by atoms with Gasteiger partial charge in [-0.25, -0.2) is 0 Å². The zero-order valence-corrected chi connectivity index (χ0v) is 16.1. The summed E-state index contributed by atoms with van der Waals surface area (Å²) in [5, 5.41) is 0. The van der Waals surface area contributed by atoms with Crippen molar-refractivity contribution in [2.75, 3.05) is 19.7 Å². The van der Waals surface area contributed by atoms with Crippen LogP contribution in [0.3, 0.4) is 0 Å². The summed E-state index contributed by atoms with van der Waals surface area (Å²) in [5.41, 5.74) is 1.28. The predicted molar refractivity (Wildman–Crippen MR) is 108 cm³/mol. The summed E-state index contributed by atoms with van der Waals surface area (Å²) in [6.07, 6.45) is -4.63. The maximum Gasteiger partial charge on any atom is 0.417 e. The van der Waals surface area contributed by atoms with Crippen molar-refractivity contribution in [3.05, 3.63) is 95.6 Å². The first-order chi connectivity index (χ1) is 14.4. The topological polar surface area (TPSA) is 29.5 Å². The van der Waals surface area contributed by atoms with Crippen LogP contribution in [0.25, 0.3) is 11.1 Å². The van der Waals surface area contributed by atoms with E-state index in [4.69, 9.17) is 4.74 Å². The molecule has 1 heterocycles. The molecule has 3 aromatic carbocycles. The average molecular weight is 411 g/mol. The number of hydrogen-bond acceptors (Lipinski definition) is 2. The first kappa shape index (κ1) is 20.2. The number of carbonyl (C=O) groups excluding carboxylic acids is 1. The van der Waals surface area contributed by atoms with Crippen LogP contribution in [0.15, 0.2) is 78.9 Å². The molecule has 6 heteroatoms. The van der Waals surface area contributed by atoms with E-state index in [2.05, 4.69) is 0 Å². The van der Waals surface area contributed by atoms with Gasteiger partial charge in [0.1, 0.15) is 6.10 Å². The number of hydrogen-bond donors (Lipinski definition) is 0. The lowest BCUT2D eigenvalue weighted by molar-refractivity contribution is -0.137. The van der Waals surface area contributed by atoms with Crippen LogP contribution < -0.4 is 0 Å². The van der Waals surface area contributed by atoms with Crippen molar-refractivity contribution >= 4 is 5.91 Å². The standard InChI is InChI=1S/C24H20F3NO2/c25-24(26,27)21-9-5-4-8-20(21)17-10-12-19(13-11-17)23(29)28-14-15-30-22(16-28)18-6-2-1-3-7-18/h1-13,22H,14-16H2. The molecule has 0 saturated carbocycles. The van der Waals surface area contributed by atoms with Crippen LogP contribution in [0.2, 0.25) is 0 Å². The maximum atomic E-state index is 13.3. The summed E-state index contributed by atoms with van der Waals surface area (Å²) < 4.78 is 45.7. The van der Waals surface area contributed by atoms with Crippen LogP contribution in [0.5, 0.6) is 0 Å². The average Bonchev–Trinajstić information content (AvgIpc) is 2.79. The first-order valence-corrected chi connectivity index (χ1v) is 9.66.